The van der Waals surface area contributed by atoms with Gasteiger partial charge in [0, 0.05) is 20.2 Å². The zero-order valence-electron chi connectivity index (χ0n) is 10.5. The minimum atomic E-state index is -0.694. The van der Waals surface area contributed by atoms with Gasteiger partial charge in [0.2, 0.25) is 5.89 Å². The standard InChI is InChI=1S/C13H14F2N2O2/c1-18-6-5-16-7-9-8-19-13(17-9)12-10(14)3-2-4-11(12)15/h2-4,8,16H,5-7H2,1H3. The monoisotopic (exact) mass is 268 g/mol. The van der Waals surface area contributed by atoms with Crippen molar-refractivity contribution >= 4 is 0 Å². The van der Waals surface area contributed by atoms with Crippen LogP contribution in [0.15, 0.2) is 28.9 Å². The molecular weight excluding hydrogens is 254 g/mol. The van der Waals surface area contributed by atoms with Gasteiger partial charge in [-0.3, -0.25) is 0 Å². The van der Waals surface area contributed by atoms with Crippen LogP contribution in [-0.2, 0) is 11.3 Å². The summed E-state index contributed by atoms with van der Waals surface area (Å²) in [5.74, 6) is -1.44. The Labute approximate surface area is 109 Å². The normalized spacial score (nSPS) is 10.9. The van der Waals surface area contributed by atoms with Gasteiger partial charge in [0.25, 0.3) is 0 Å². The zero-order chi connectivity index (χ0) is 13.7. The number of ether oxygens (including phenoxy) is 1. The molecule has 0 amide bonds. The van der Waals surface area contributed by atoms with Crippen LogP contribution in [0.1, 0.15) is 5.69 Å². The van der Waals surface area contributed by atoms with E-state index < -0.39 is 11.6 Å². The highest BCUT2D eigenvalue weighted by molar-refractivity contribution is 5.55. The Morgan fingerprint density at radius 2 is 2.05 bits per heavy atom. The van der Waals surface area contributed by atoms with Crippen LogP contribution in [0.5, 0.6) is 0 Å². The van der Waals surface area contributed by atoms with Crippen molar-refractivity contribution < 1.29 is 17.9 Å². The summed E-state index contributed by atoms with van der Waals surface area (Å²) in [6.45, 7) is 1.68. The molecule has 0 radical (unpaired) electrons. The van der Waals surface area contributed by atoms with Gasteiger partial charge >= 0.3 is 0 Å². The van der Waals surface area contributed by atoms with E-state index >= 15 is 0 Å². The van der Waals surface area contributed by atoms with Gasteiger partial charge in [0.1, 0.15) is 23.5 Å². The van der Waals surface area contributed by atoms with Crippen molar-refractivity contribution in [2.45, 2.75) is 6.54 Å². The molecule has 0 fully saturated rings. The number of nitrogens with zero attached hydrogens (tertiary/aromatic N) is 1. The summed E-state index contributed by atoms with van der Waals surface area (Å²) < 4.78 is 37.0. The van der Waals surface area contributed by atoms with Gasteiger partial charge in [-0.15, -0.1) is 0 Å². The first-order chi connectivity index (χ1) is 9.22. The molecule has 0 unspecified atom stereocenters. The molecule has 4 nitrogen and oxygen atoms in total. The Hall–Kier alpha value is -1.79. The van der Waals surface area contributed by atoms with E-state index in [-0.39, 0.29) is 11.5 Å². The molecule has 102 valence electrons. The Bertz CT molecular complexity index is 523. The Balaban J connectivity index is 2.08. The lowest BCUT2D eigenvalue weighted by molar-refractivity contribution is 0.199. The van der Waals surface area contributed by atoms with Gasteiger partial charge in [-0.25, -0.2) is 13.8 Å². The molecule has 2 rings (SSSR count). The topological polar surface area (TPSA) is 47.3 Å². The van der Waals surface area contributed by atoms with Crippen molar-refractivity contribution in [1.82, 2.24) is 10.3 Å². The number of hydrogen-bond donors (Lipinski definition) is 1. The highest BCUT2D eigenvalue weighted by atomic mass is 19.1. The lowest BCUT2D eigenvalue weighted by Gasteiger charge is -2.00. The summed E-state index contributed by atoms with van der Waals surface area (Å²) in [6.07, 6.45) is 1.38. The molecule has 2 aromatic rings. The second-order valence-corrected chi connectivity index (χ2v) is 3.91. The molecule has 0 aliphatic carbocycles. The molecule has 0 bridgehead atoms. The first kappa shape index (κ1) is 13.6. The summed E-state index contributed by atoms with van der Waals surface area (Å²) in [5, 5.41) is 3.06. The molecule has 0 spiro atoms. The van der Waals surface area contributed by atoms with Crippen LogP contribution in [0.4, 0.5) is 8.78 Å². The number of nitrogens with one attached hydrogen (secondary N) is 1. The number of aromatic nitrogens is 1. The third-order valence-corrected chi connectivity index (χ3v) is 2.52. The van der Waals surface area contributed by atoms with Crippen LogP contribution < -0.4 is 5.32 Å². The summed E-state index contributed by atoms with van der Waals surface area (Å²) in [6, 6.07) is 3.63. The maximum atomic E-state index is 13.5. The molecule has 1 N–H and O–H groups in total. The maximum Gasteiger partial charge on any atom is 0.232 e. The van der Waals surface area contributed by atoms with E-state index in [0.29, 0.717) is 25.4 Å². The summed E-state index contributed by atoms with van der Waals surface area (Å²) >= 11 is 0. The number of rotatable bonds is 6. The second kappa shape index (κ2) is 6.40. The highest BCUT2D eigenvalue weighted by Gasteiger charge is 2.16. The van der Waals surface area contributed by atoms with E-state index in [9.17, 15) is 8.78 Å². The molecule has 1 aromatic heterocycles. The fourth-order valence-corrected chi connectivity index (χ4v) is 1.60. The molecule has 19 heavy (non-hydrogen) atoms. The van der Waals surface area contributed by atoms with E-state index in [1.54, 1.807) is 7.11 Å². The van der Waals surface area contributed by atoms with Crippen molar-refractivity contribution in [3.05, 3.63) is 41.8 Å². The Morgan fingerprint density at radius 3 is 2.74 bits per heavy atom. The van der Waals surface area contributed by atoms with Gasteiger partial charge in [0.05, 0.1) is 12.3 Å². The third-order valence-electron chi connectivity index (χ3n) is 2.52. The minimum Gasteiger partial charge on any atom is -0.444 e. The van der Waals surface area contributed by atoms with Crippen LogP contribution in [0.3, 0.4) is 0 Å². The lowest BCUT2D eigenvalue weighted by Crippen LogP contribution is -2.18. The maximum absolute atomic E-state index is 13.5. The van der Waals surface area contributed by atoms with E-state index in [1.165, 1.54) is 24.5 Å². The van der Waals surface area contributed by atoms with E-state index in [2.05, 4.69) is 10.3 Å². The smallest absolute Gasteiger partial charge is 0.232 e. The van der Waals surface area contributed by atoms with Crippen molar-refractivity contribution in [2.24, 2.45) is 0 Å². The highest BCUT2D eigenvalue weighted by Crippen LogP contribution is 2.25. The van der Waals surface area contributed by atoms with Crippen LogP contribution >= 0.6 is 0 Å². The predicted octanol–water partition coefficient (Wildman–Crippen LogP) is 2.36. The Morgan fingerprint density at radius 1 is 1.32 bits per heavy atom. The lowest BCUT2D eigenvalue weighted by atomic mass is 10.2. The molecule has 1 aromatic carbocycles. The van der Waals surface area contributed by atoms with Crippen LogP contribution in [-0.4, -0.2) is 25.2 Å². The molecule has 0 aliphatic rings. The molecule has 0 aliphatic heterocycles. The molecule has 1 heterocycles. The van der Waals surface area contributed by atoms with Gasteiger partial charge in [-0.2, -0.15) is 0 Å². The average molecular weight is 268 g/mol. The molecule has 6 heteroatoms. The Kier molecular flexibility index (Phi) is 4.59. The molecule has 0 atom stereocenters. The molecule has 0 saturated heterocycles. The summed E-state index contributed by atoms with van der Waals surface area (Å²) in [5.41, 5.74) is 0.333. The first-order valence-corrected chi connectivity index (χ1v) is 5.81. The van der Waals surface area contributed by atoms with Crippen molar-refractivity contribution in [2.75, 3.05) is 20.3 Å². The van der Waals surface area contributed by atoms with E-state index in [0.717, 1.165) is 0 Å². The van der Waals surface area contributed by atoms with Gasteiger partial charge in [-0.1, -0.05) is 6.07 Å². The minimum absolute atomic E-state index is 0.0564. The number of benzene rings is 1. The van der Waals surface area contributed by atoms with Gasteiger partial charge < -0.3 is 14.5 Å². The predicted molar refractivity (Wildman–Crippen MR) is 65.4 cm³/mol. The van der Waals surface area contributed by atoms with E-state index in [1.807, 2.05) is 0 Å². The quantitative estimate of drug-likeness (QED) is 0.817. The SMILES string of the molecule is COCCNCc1coc(-c2c(F)cccc2F)n1. The number of hydrogen-bond acceptors (Lipinski definition) is 4. The van der Waals surface area contributed by atoms with Crippen LogP contribution in [0.25, 0.3) is 11.5 Å². The summed E-state index contributed by atoms with van der Waals surface area (Å²) in [7, 11) is 1.61. The molecule has 0 saturated carbocycles. The number of methoxy groups -OCH3 is 1. The first-order valence-electron chi connectivity index (χ1n) is 5.81. The third kappa shape index (κ3) is 3.36. The van der Waals surface area contributed by atoms with Crippen molar-refractivity contribution in [3.63, 3.8) is 0 Å². The number of halogens is 2. The largest absolute Gasteiger partial charge is 0.444 e. The fraction of sp³-hybridized carbons (Fsp3) is 0.308. The number of oxazole rings is 1. The van der Waals surface area contributed by atoms with Gasteiger partial charge in [-0.05, 0) is 12.1 Å². The van der Waals surface area contributed by atoms with Gasteiger partial charge in [0.15, 0.2) is 0 Å². The van der Waals surface area contributed by atoms with Crippen molar-refractivity contribution in [1.29, 1.82) is 0 Å². The van der Waals surface area contributed by atoms with Crippen LogP contribution in [0, 0.1) is 11.6 Å². The molecular formula is C13H14F2N2O2. The zero-order valence-corrected chi connectivity index (χ0v) is 10.5. The van der Waals surface area contributed by atoms with Crippen LogP contribution in [0.2, 0.25) is 0 Å². The second-order valence-electron chi connectivity index (χ2n) is 3.91. The average Bonchev–Trinajstić information content (AvgIpc) is 2.83. The summed E-state index contributed by atoms with van der Waals surface area (Å²) in [4.78, 5) is 4.05. The van der Waals surface area contributed by atoms with E-state index in [4.69, 9.17) is 9.15 Å². The van der Waals surface area contributed by atoms with Crippen molar-refractivity contribution in [3.8, 4) is 11.5 Å². The fourth-order valence-electron chi connectivity index (χ4n) is 1.60.